The lowest BCUT2D eigenvalue weighted by Gasteiger charge is -2.12. The molecule has 0 aliphatic carbocycles. The Bertz CT molecular complexity index is 635. The zero-order chi connectivity index (χ0) is 13.1. The third-order valence-electron chi connectivity index (χ3n) is 2.42. The Balaban J connectivity index is 2.41. The van der Waals surface area contributed by atoms with Gasteiger partial charge in [0.15, 0.2) is 0 Å². The van der Waals surface area contributed by atoms with E-state index >= 15 is 0 Å². The van der Waals surface area contributed by atoms with E-state index in [9.17, 15) is 0 Å². The number of nitrogen functional groups attached to an aromatic ring is 1. The molecule has 5 heteroatoms. The predicted octanol–water partition coefficient (Wildman–Crippen LogP) is 4.30. The number of hydrogen-bond acceptors (Lipinski definition) is 3. The Morgan fingerprint density at radius 1 is 1.22 bits per heavy atom. The van der Waals surface area contributed by atoms with Crippen molar-refractivity contribution in [2.45, 2.75) is 0 Å². The van der Waals surface area contributed by atoms with Crippen molar-refractivity contribution in [2.24, 2.45) is 0 Å². The number of rotatable bonds is 2. The first-order chi connectivity index (χ1) is 8.61. The van der Waals surface area contributed by atoms with E-state index < -0.39 is 0 Å². The Hall–Kier alpha value is -1.70. The average Bonchev–Trinajstić information content (AvgIpc) is 2.36. The van der Waals surface area contributed by atoms with Crippen molar-refractivity contribution in [3.8, 4) is 6.07 Å². The standard InChI is InChI=1S/C13H9BrClN3/c14-10-5-4-9(15)6-12(10)18-11-3-1-2-8(7-16)13(11)17/h1-6,18H,17H2. The molecule has 0 bridgehead atoms. The van der Waals surface area contributed by atoms with Gasteiger partial charge in [-0.3, -0.25) is 0 Å². The second kappa shape index (κ2) is 5.30. The largest absolute Gasteiger partial charge is 0.396 e. The number of benzene rings is 2. The van der Waals surface area contributed by atoms with Gasteiger partial charge in [-0.1, -0.05) is 17.7 Å². The van der Waals surface area contributed by atoms with Crippen LogP contribution in [-0.2, 0) is 0 Å². The summed E-state index contributed by atoms with van der Waals surface area (Å²) in [6.07, 6.45) is 0. The van der Waals surface area contributed by atoms with Gasteiger partial charge in [-0.15, -0.1) is 0 Å². The molecule has 0 radical (unpaired) electrons. The number of nitrogens with zero attached hydrogens (tertiary/aromatic N) is 1. The van der Waals surface area contributed by atoms with E-state index in [0.29, 0.717) is 22.0 Å². The van der Waals surface area contributed by atoms with E-state index in [1.54, 1.807) is 24.3 Å². The van der Waals surface area contributed by atoms with Crippen LogP contribution < -0.4 is 11.1 Å². The van der Waals surface area contributed by atoms with Crippen molar-refractivity contribution >= 4 is 44.6 Å². The molecule has 0 spiro atoms. The van der Waals surface area contributed by atoms with Crippen LogP contribution in [0, 0.1) is 11.3 Å². The van der Waals surface area contributed by atoms with Crippen LogP contribution in [0.5, 0.6) is 0 Å². The molecule has 3 nitrogen and oxygen atoms in total. The molecule has 0 heterocycles. The van der Waals surface area contributed by atoms with Crippen LogP contribution in [-0.4, -0.2) is 0 Å². The zero-order valence-corrected chi connectivity index (χ0v) is 11.6. The van der Waals surface area contributed by atoms with Gasteiger partial charge in [0.2, 0.25) is 0 Å². The summed E-state index contributed by atoms with van der Waals surface area (Å²) >= 11 is 9.36. The van der Waals surface area contributed by atoms with Crippen LogP contribution in [0.2, 0.25) is 5.02 Å². The smallest absolute Gasteiger partial charge is 0.101 e. The molecule has 90 valence electrons. The van der Waals surface area contributed by atoms with Gasteiger partial charge < -0.3 is 11.1 Å². The van der Waals surface area contributed by atoms with Gasteiger partial charge in [0.25, 0.3) is 0 Å². The number of hydrogen-bond donors (Lipinski definition) is 2. The fourth-order valence-electron chi connectivity index (χ4n) is 1.51. The summed E-state index contributed by atoms with van der Waals surface area (Å²) in [6, 6.07) is 12.7. The molecule has 3 N–H and O–H groups in total. The zero-order valence-electron chi connectivity index (χ0n) is 9.24. The minimum Gasteiger partial charge on any atom is -0.396 e. The number of para-hydroxylation sites is 1. The first-order valence-electron chi connectivity index (χ1n) is 5.12. The number of nitrogens with two attached hydrogens (primary N) is 1. The molecule has 2 aromatic rings. The second-order valence-corrected chi connectivity index (χ2v) is 4.92. The summed E-state index contributed by atoms with van der Waals surface area (Å²) in [6.45, 7) is 0. The van der Waals surface area contributed by atoms with Crippen molar-refractivity contribution in [3.63, 3.8) is 0 Å². The first-order valence-corrected chi connectivity index (χ1v) is 6.29. The van der Waals surface area contributed by atoms with Crippen molar-refractivity contribution in [1.82, 2.24) is 0 Å². The van der Waals surface area contributed by atoms with Gasteiger partial charge in [0.05, 0.1) is 22.6 Å². The summed E-state index contributed by atoms with van der Waals surface area (Å²) in [5.74, 6) is 0. The van der Waals surface area contributed by atoms with Crippen molar-refractivity contribution in [1.29, 1.82) is 5.26 Å². The van der Waals surface area contributed by atoms with E-state index in [0.717, 1.165) is 10.2 Å². The lowest BCUT2D eigenvalue weighted by atomic mass is 10.1. The lowest BCUT2D eigenvalue weighted by Crippen LogP contribution is -1.99. The Morgan fingerprint density at radius 2 is 2.00 bits per heavy atom. The Kier molecular flexibility index (Phi) is 3.75. The molecule has 0 atom stereocenters. The molecule has 0 aliphatic heterocycles. The topological polar surface area (TPSA) is 61.8 Å². The molecule has 2 rings (SSSR count). The van der Waals surface area contributed by atoms with E-state index in [2.05, 4.69) is 21.2 Å². The monoisotopic (exact) mass is 321 g/mol. The maximum absolute atomic E-state index is 8.92. The molecule has 0 saturated heterocycles. The number of nitrogens with one attached hydrogen (secondary N) is 1. The normalized spacial score (nSPS) is 9.83. The number of halogens is 2. The molecular formula is C13H9BrClN3. The van der Waals surface area contributed by atoms with E-state index in [1.165, 1.54) is 0 Å². The maximum Gasteiger partial charge on any atom is 0.101 e. The molecule has 0 saturated carbocycles. The Labute approximate surface area is 118 Å². The first kappa shape index (κ1) is 12.7. The molecule has 0 aromatic heterocycles. The molecule has 0 unspecified atom stereocenters. The fraction of sp³-hybridized carbons (Fsp3) is 0. The molecule has 0 amide bonds. The van der Waals surface area contributed by atoms with Crippen LogP contribution in [0.3, 0.4) is 0 Å². The SMILES string of the molecule is N#Cc1cccc(Nc2cc(Cl)ccc2Br)c1N. The quantitative estimate of drug-likeness (QED) is 0.810. The number of anilines is 3. The Morgan fingerprint density at radius 3 is 2.72 bits per heavy atom. The number of nitriles is 1. The van der Waals surface area contributed by atoms with E-state index in [4.69, 9.17) is 22.6 Å². The van der Waals surface area contributed by atoms with E-state index in [-0.39, 0.29) is 0 Å². The van der Waals surface area contributed by atoms with Crippen LogP contribution in [0.4, 0.5) is 17.1 Å². The van der Waals surface area contributed by atoms with Crippen molar-refractivity contribution in [2.75, 3.05) is 11.1 Å². The minimum atomic E-state index is 0.423. The maximum atomic E-state index is 8.92. The van der Waals surface area contributed by atoms with Crippen LogP contribution in [0.25, 0.3) is 0 Å². The van der Waals surface area contributed by atoms with Crippen LogP contribution >= 0.6 is 27.5 Å². The van der Waals surface area contributed by atoms with Gasteiger partial charge in [-0.2, -0.15) is 5.26 Å². The summed E-state index contributed by atoms with van der Waals surface area (Å²) in [7, 11) is 0. The van der Waals surface area contributed by atoms with Crippen molar-refractivity contribution in [3.05, 3.63) is 51.5 Å². The molecule has 0 aliphatic rings. The van der Waals surface area contributed by atoms with Gasteiger partial charge in [0.1, 0.15) is 6.07 Å². The minimum absolute atomic E-state index is 0.423. The second-order valence-electron chi connectivity index (χ2n) is 3.63. The molecule has 2 aromatic carbocycles. The van der Waals surface area contributed by atoms with Gasteiger partial charge >= 0.3 is 0 Å². The third-order valence-corrected chi connectivity index (χ3v) is 3.35. The summed E-state index contributed by atoms with van der Waals surface area (Å²) in [5, 5.41) is 12.7. The molecule has 18 heavy (non-hydrogen) atoms. The highest BCUT2D eigenvalue weighted by atomic mass is 79.9. The highest BCUT2D eigenvalue weighted by Crippen LogP contribution is 2.31. The molecule has 0 fully saturated rings. The van der Waals surface area contributed by atoms with Crippen LogP contribution in [0.15, 0.2) is 40.9 Å². The highest BCUT2D eigenvalue weighted by molar-refractivity contribution is 9.10. The summed E-state index contributed by atoms with van der Waals surface area (Å²) in [4.78, 5) is 0. The van der Waals surface area contributed by atoms with Crippen molar-refractivity contribution < 1.29 is 0 Å². The lowest BCUT2D eigenvalue weighted by molar-refractivity contribution is 1.46. The van der Waals surface area contributed by atoms with Gasteiger partial charge in [-0.05, 0) is 46.3 Å². The predicted molar refractivity (Wildman–Crippen MR) is 78.0 cm³/mol. The van der Waals surface area contributed by atoms with Gasteiger partial charge in [-0.25, -0.2) is 0 Å². The molecular weight excluding hydrogens is 314 g/mol. The summed E-state index contributed by atoms with van der Waals surface area (Å²) in [5.41, 5.74) is 8.24. The van der Waals surface area contributed by atoms with Crippen LogP contribution in [0.1, 0.15) is 5.56 Å². The third kappa shape index (κ3) is 2.58. The average molecular weight is 323 g/mol. The fourth-order valence-corrected chi connectivity index (χ4v) is 2.03. The summed E-state index contributed by atoms with van der Waals surface area (Å²) < 4.78 is 0.869. The van der Waals surface area contributed by atoms with E-state index in [1.807, 2.05) is 18.2 Å². The van der Waals surface area contributed by atoms with Gasteiger partial charge in [0, 0.05) is 9.50 Å². The highest BCUT2D eigenvalue weighted by Gasteiger charge is 2.07.